The first-order valence-electron chi connectivity index (χ1n) is 10.7. The highest BCUT2D eigenvalue weighted by Gasteiger charge is 2.32. The predicted molar refractivity (Wildman–Crippen MR) is 131 cm³/mol. The Balaban J connectivity index is 1.80. The molecule has 0 saturated heterocycles. The van der Waals surface area contributed by atoms with Gasteiger partial charge in [0.2, 0.25) is 11.8 Å². The van der Waals surface area contributed by atoms with Crippen LogP contribution in [-0.4, -0.2) is 30.4 Å². The third-order valence-corrected chi connectivity index (χ3v) is 6.97. The van der Waals surface area contributed by atoms with Crippen LogP contribution in [0.25, 0.3) is 0 Å². The second kappa shape index (κ2) is 11.8. The standard InChI is InChI=1S/C25H30N2O3S2/c1-18(2)12-13-27(23(28)16-21-6-4-14-31-21)24(22-7-5-15-32-22)25(29)26-17-19-8-10-20(30-3)11-9-19/h4-11,14-15,18,24H,12-13,16-17H2,1-3H3,(H,26,29). The van der Waals surface area contributed by atoms with Gasteiger partial charge in [0.05, 0.1) is 13.5 Å². The Morgan fingerprint density at radius 1 is 1.03 bits per heavy atom. The highest BCUT2D eigenvalue weighted by Crippen LogP contribution is 2.28. The minimum absolute atomic E-state index is 0.0221. The Morgan fingerprint density at radius 2 is 1.75 bits per heavy atom. The molecule has 0 fully saturated rings. The number of ether oxygens (including phenoxy) is 1. The fourth-order valence-electron chi connectivity index (χ4n) is 3.36. The average molecular weight is 471 g/mol. The van der Waals surface area contributed by atoms with Gasteiger partial charge >= 0.3 is 0 Å². The van der Waals surface area contributed by atoms with E-state index in [4.69, 9.17) is 4.74 Å². The number of methoxy groups -OCH3 is 1. The van der Waals surface area contributed by atoms with Crippen LogP contribution in [0.4, 0.5) is 0 Å². The molecule has 5 nitrogen and oxygen atoms in total. The lowest BCUT2D eigenvalue weighted by atomic mass is 10.1. The third kappa shape index (κ3) is 6.68. The summed E-state index contributed by atoms with van der Waals surface area (Å²) in [4.78, 5) is 30.4. The summed E-state index contributed by atoms with van der Waals surface area (Å²) in [6.07, 6.45) is 1.15. The lowest BCUT2D eigenvalue weighted by Gasteiger charge is -2.31. The monoisotopic (exact) mass is 470 g/mol. The SMILES string of the molecule is COc1ccc(CNC(=O)C(c2cccs2)N(CCC(C)C)C(=O)Cc2cccs2)cc1. The summed E-state index contributed by atoms with van der Waals surface area (Å²) in [6, 6.07) is 14.7. The Hall–Kier alpha value is -2.64. The lowest BCUT2D eigenvalue weighted by molar-refractivity contribution is -0.140. The lowest BCUT2D eigenvalue weighted by Crippen LogP contribution is -2.44. The van der Waals surface area contributed by atoms with E-state index in [1.807, 2.05) is 59.3 Å². The van der Waals surface area contributed by atoms with E-state index >= 15 is 0 Å². The number of benzene rings is 1. The molecule has 2 heterocycles. The summed E-state index contributed by atoms with van der Waals surface area (Å²) in [6.45, 7) is 5.19. The summed E-state index contributed by atoms with van der Waals surface area (Å²) in [5, 5.41) is 6.96. The Bertz CT molecular complexity index is 967. The van der Waals surface area contributed by atoms with Crippen molar-refractivity contribution in [3.05, 3.63) is 74.6 Å². The molecule has 0 aliphatic rings. The molecule has 2 aromatic heterocycles. The summed E-state index contributed by atoms with van der Waals surface area (Å²) in [5.74, 6) is 1.02. The number of carbonyl (C=O) groups is 2. The number of thiophene rings is 2. The minimum atomic E-state index is -0.639. The van der Waals surface area contributed by atoms with Crippen LogP contribution in [-0.2, 0) is 22.6 Å². The molecule has 0 spiro atoms. The van der Waals surface area contributed by atoms with E-state index < -0.39 is 6.04 Å². The first-order valence-corrected chi connectivity index (χ1v) is 12.5. The molecular weight excluding hydrogens is 440 g/mol. The molecule has 1 N–H and O–H groups in total. The quantitative estimate of drug-likeness (QED) is 0.414. The van der Waals surface area contributed by atoms with E-state index in [-0.39, 0.29) is 11.8 Å². The topological polar surface area (TPSA) is 58.6 Å². The van der Waals surface area contributed by atoms with Crippen LogP contribution in [0.1, 0.15) is 41.6 Å². The van der Waals surface area contributed by atoms with Crippen molar-refractivity contribution in [2.75, 3.05) is 13.7 Å². The van der Waals surface area contributed by atoms with E-state index in [0.29, 0.717) is 25.4 Å². The molecule has 170 valence electrons. The first-order chi connectivity index (χ1) is 15.5. The van der Waals surface area contributed by atoms with Gasteiger partial charge in [0.1, 0.15) is 11.8 Å². The van der Waals surface area contributed by atoms with E-state index in [1.165, 1.54) is 11.3 Å². The summed E-state index contributed by atoms with van der Waals surface area (Å²) < 4.78 is 5.20. The number of nitrogens with one attached hydrogen (secondary N) is 1. The van der Waals surface area contributed by atoms with Crippen molar-refractivity contribution in [2.45, 2.75) is 39.3 Å². The van der Waals surface area contributed by atoms with Crippen LogP contribution in [0, 0.1) is 5.92 Å². The highest BCUT2D eigenvalue weighted by atomic mass is 32.1. The van der Waals surface area contributed by atoms with Gasteiger partial charge in [-0.3, -0.25) is 9.59 Å². The van der Waals surface area contributed by atoms with Crippen LogP contribution >= 0.6 is 22.7 Å². The Kier molecular flexibility index (Phi) is 8.88. The number of nitrogens with zero attached hydrogens (tertiary/aromatic N) is 1. The molecule has 3 aromatic rings. The van der Waals surface area contributed by atoms with E-state index in [0.717, 1.165) is 27.5 Å². The number of rotatable bonds is 11. The number of hydrogen-bond acceptors (Lipinski definition) is 5. The van der Waals surface area contributed by atoms with Crippen LogP contribution in [0.3, 0.4) is 0 Å². The van der Waals surface area contributed by atoms with Crippen LogP contribution in [0.5, 0.6) is 5.75 Å². The van der Waals surface area contributed by atoms with E-state index in [2.05, 4.69) is 19.2 Å². The first kappa shape index (κ1) is 24.0. The van der Waals surface area contributed by atoms with Gasteiger partial charge in [0, 0.05) is 22.8 Å². The molecule has 0 bridgehead atoms. The number of amides is 2. The molecule has 32 heavy (non-hydrogen) atoms. The van der Waals surface area contributed by atoms with Crippen molar-refractivity contribution in [3.63, 3.8) is 0 Å². The largest absolute Gasteiger partial charge is 0.497 e. The van der Waals surface area contributed by atoms with E-state index in [1.54, 1.807) is 23.3 Å². The van der Waals surface area contributed by atoms with Crippen molar-refractivity contribution in [2.24, 2.45) is 5.92 Å². The van der Waals surface area contributed by atoms with Crippen LogP contribution in [0.15, 0.2) is 59.3 Å². The zero-order valence-corrected chi connectivity index (χ0v) is 20.4. The van der Waals surface area contributed by atoms with Crippen molar-refractivity contribution in [1.82, 2.24) is 10.2 Å². The van der Waals surface area contributed by atoms with Gasteiger partial charge in [-0.05, 0) is 52.9 Å². The molecule has 7 heteroatoms. The molecular formula is C25H30N2O3S2. The molecule has 1 aromatic carbocycles. The van der Waals surface area contributed by atoms with Crippen LogP contribution < -0.4 is 10.1 Å². The van der Waals surface area contributed by atoms with Crippen molar-refractivity contribution < 1.29 is 14.3 Å². The van der Waals surface area contributed by atoms with Gasteiger partial charge < -0.3 is 15.0 Å². The summed E-state index contributed by atoms with van der Waals surface area (Å²) >= 11 is 3.07. The second-order valence-corrected chi connectivity index (χ2v) is 10.0. The molecule has 1 unspecified atom stereocenters. The Labute approximate surface area is 198 Å². The van der Waals surface area contributed by atoms with Gasteiger partial charge in [-0.25, -0.2) is 0 Å². The maximum absolute atomic E-state index is 13.4. The van der Waals surface area contributed by atoms with Gasteiger partial charge in [0.25, 0.3) is 0 Å². The van der Waals surface area contributed by atoms with E-state index in [9.17, 15) is 9.59 Å². The zero-order valence-electron chi connectivity index (χ0n) is 18.7. The minimum Gasteiger partial charge on any atom is -0.497 e. The number of hydrogen-bond donors (Lipinski definition) is 1. The highest BCUT2D eigenvalue weighted by molar-refractivity contribution is 7.10. The molecule has 0 saturated carbocycles. The summed E-state index contributed by atoms with van der Waals surface area (Å²) in [7, 11) is 1.63. The van der Waals surface area contributed by atoms with Gasteiger partial charge in [-0.15, -0.1) is 22.7 Å². The zero-order chi connectivity index (χ0) is 22.9. The fraction of sp³-hybridized carbons (Fsp3) is 0.360. The molecule has 0 aliphatic carbocycles. The van der Waals surface area contributed by atoms with Gasteiger partial charge in [-0.1, -0.05) is 38.1 Å². The maximum atomic E-state index is 13.4. The molecule has 1 atom stereocenters. The van der Waals surface area contributed by atoms with Gasteiger partial charge in [-0.2, -0.15) is 0 Å². The molecule has 2 amide bonds. The molecule has 0 aliphatic heterocycles. The van der Waals surface area contributed by atoms with Crippen molar-refractivity contribution >= 4 is 34.5 Å². The molecule has 0 radical (unpaired) electrons. The van der Waals surface area contributed by atoms with Crippen LogP contribution in [0.2, 0.25) is 0 Å². The smallest absolute Gasteiger partial charge is 0.248 e. The third-order valence-electron chi connectivity index (χ3n) is 5.17. The van der Waals surface area contributed by atoms with Gasteiger partial charge in [0.15, 0.2) is 0 Å². The summed E-state index contributed by atoms with van der Waals surface area (Å²) in [5.41, 5.74) is 0.975. The predicted octanol–water partition coefficient (Wildman–Crippen LogP) is 5.29. The normalized spacial score (nSPS) is 11.9. The second-order valence-electron chi connectivity index (χ2n) is 8.01. The molecule has 3 rings (SSSR count). The van der Waals surface area contributed by atoms with Crippen molar-refractivity contribution in [1.29, 1.82) is 0 Å². The Morgan fingerprint density at radius 3 is 2.34 bits per heavy atom. The van der Waals surface area contributed by atoms with Crippen molar-refractivity contribution in [3.8, 4) is 5.75 Å². The number of carbonyl (C=O) groups excluding carboxylic acids is 2. The maximum Gasteiger partial charge on any atom is 0.248 e. The fourth-order valence-corrected chi connectivity index (χ4v) is 4.89. The average Bonchev–Trinajstić information content (AvgIpc) is 3.49.